The Kier molecular flexibility index (Phi) is 4.41. The van der Waals surface area contributed by atoms with Gasteiger partial charge in [0.15, 0.2) is 5.82 Å². The van der Waals surface area contributed by atoms with Crippen LogP contribution in [0.15, 0.2) is 18.3 Å². The average molecular weight is 319 g/mol. The van der Waals surface area contributed by atoms with E-state index < -0.39 is 11.7 Å². The highest BCUT2D eigenvalue weighted by Crippen LogP contribution is 2.32. The first kappa shape index (κ1) is 15.6. The van der Waals surface area contributed by atoms with Gasteiger partial charge in [-0.2, -0.15) is 18.3 Å². The van der Waals surface area contributed by atoms with Crippen LogP contribution in [0.3, 0.4) is 0 Å². The number of nitrogens with one attached hydrogen (secondary N) is 1. The Morgan fingerprint density at radius 3 is 2.57 bits per heavy atom. The summed E-state index contributed by atoms with van der Waals surface area (Å²) < 4.78 is 40.1. The third-order valence-electron chi connectivity index (χ3n) is 2.77. The van der Waals surface area contributed by atoms with Gasteiger partial charge in [-0.3, -0.25) is 0 Å². The summed E-state index contributed by atoms with van der Waals surface area (Å²) in [6.45, 7) is 4.12. The normalized spacial score (nSPS) is 11.7. The summed E-state index contributed by atoms with van der Waals surface area (Å²) in [7, 11) is 0. The van der Waals surface area contributed by atoms with Gasteiger partial charge in [-0.15, -0.1) is 0 Å². The maximum Gasteiger partial charge on any atom is 0.416 e. The number of halogens is 4. The molecule has 114 valence electrons. The molecule has 0 aliphatic heterocycles. The molecule has 2 rings (SSSR count). The molecule has 0 amide bonds. The Morgan fingerprint density at radius 2 is 2.05 bits per heavy atom. The van der Waals surface area contributed by atoms with E-state index in [1.165, 1.54) is 10.9 Å². The molecule has 0 aliphatic carbocycles. The highest BCUT2D eigenvalue weighted by Gasteiger charge is 2.32. The Balaban J connectivity index is 2.48. The van der Waals surface area contributed by atoms with Crippen LogP contribution in [0.4, 0.5) is 19.0 Å². The molecule has 0 aliphatic rings. The number of anilines is 1. The van der Waals surface area contributed by atoms with Crippen molar-refractivity contribution in [3.8, 4) is 5.82 Å². The first-order valence-electron chi connectivity index (χ1n) is 6.36. The lowest BCUT2D eigenvalue weighted by atomic mass is 10.2. The third kappa shape index (κ3) is 3.66. The average Bonchev–Trinajstić information content (AvgIpc) is 2.75. The summed E-state index contributed by atoms with van der Waals surface area (Å²) in [4.78, 5) is 4.14. The zero-order valence-corrected chi connectivity index (χ0v) is 12.3. The number of alkyl halides is 3. The molecule has 21 heavy (non-hydrogen) atoms. The van der Waals surface area contributed by atoms with Crippen molar-refractivity contribution in [1.82, 2.24) is 14.8 Å². The maximum absolute atomic E-state index is 13.0. The van der Waals surface area contributed by atoms with E-state index in [-0.39, 0.29) is 11.6 Å². The summed E-state index contributed by atoms with van der Waals surface area (Å²) >= 11 is 5.88. The Morgan fingerprint density at radius 1 is 1.33 bits per heavy atom. The molecule has 0 atom stereocenters. The van der Waals surface area contributed by atoms with Crippen molar-refractivity contribution < 1.29 is 13.2 Å². The molecule has 0 bridgehead atoms. The zero-order chi connectivity index (χ0) is 15.6. The summed E-state index contributed by atoms with van der Waals surface area (Å²) in [6.07, 6.45) is -2.24. The number of nitrogens with zero attached hydrogens (tertiary/aromatic N) is 3. The molecule has 2 aromatic rings. The molecule has 0 saturated heterocycles. The third-order valence-corrected chi connectivity index (χ3v) is 3.14. The van der Waals surface area contributed by atoms with Crippen molar-refractivity contribution in [2.24, 2.45) is 0 Å². The number of rotatable bonds is 4. The minimum atomic E-state index is -4.45. The van der Waals surface area contributed by atoms with E-state index in [2.05, 4.69) is 15.4 Å². The van der Waals surface area contributed by atoms with E-state index in [0.29, 0.717) is 17.3 Å². The predicted molar refractivity (Wildman–Crippen MR) is 74.9 cm³/mol. The molecule has 2 heterocycles. The summed E-state index contributed by atoms with van der Waals surface area (Å²) in [5, 5.41) is 7.28. The Hall–Kier alpha value is -1.76. The lowest BCUT2D eigenvalue weighted by Gasteiger charge is -2.12. The van der Waals surface area contributed by atoms with Gasteiger partial charge in [-0.05, 0) is 25.5 Å². The van der Waals surface area contributed by atoms with Crippen molar-refractivity contribution in [3.05, 3.63) is 34.6 Å². The van der Waals surface area contributed by atoms with Crippen molar-refractivity contribution in [2.75, 3.05) is 11.9 Å². The fraction of sp³-hybridized carbons (Fsp3) is 0.385. The maximum atomic E-state index is 13.0. The molecule has 0 spiro atoms. The van der Waals surface area contributed by atoms with E-state index in [1.54, 1.807) is 6.92 Å². The molecule has 0 radical (unpaired) electrons. The van der Waals surface area contributed by atoms with Crippen molar-refractivity contribution in [1.29, 1.82) is 0 Å². The molecule has 4 nitrogen and oxygen atoms in total. The molecule has 0 saturated carbocycles. The Labute approximate surface area is 124 Å². The van der Waals surface area contributed by atoms with Crippen molar-refractivity contribution >= 4 is 17.4 Å². The summed E-state index contributed by atoms with van der Waals surface area (Å²) in [6, 6.07) is 1.93. The first-order chi connectivity index (χ1) is 9.81. The number of pyridine rings is 1. The fourth-order valence-corrected chi connectivity index (χ4v) is 1.83. The molecule has 2 aromatic heterocycles. The van der Waals surface area contributed by atoms with E-state index >= 15 is 0 Å². The highest BCUT2D eigenvalue weighted by atomic mass is 35.5. The highest BCUT2D eigenvalue weighted by molar-refractivity contribution is 6.31. The number of hydrogen-bond acceptors (Lipinski definition) is 3. The number of hydrogen-bond donors (Lipinski definition) is 1. The van der Waals surface area contributed by atoms with E-state index in [1.807, 2.05) is 6.92 Å². The molecule has 0 unspecified atom stereocenters. The number of aryl methyl sites for hydroxylation is 1. The monoisotopic (exact) mass is 318 g/mol. The van der Waals surface area contributed by atoms with E-state index in [0.717, 1.165) is 18.6 Å². The van der Waals surface area contributed by atoms with Gasteiger partial charge in [-0.1, -0.05) is 18.5 Å². The van der Waals surface area contributed by atoms with Crippen molar-refractivity contribution in [2.45, 2.75) is 26.4 Å². The smallest absolute Gasteiger partial charge is 0.370 e. The van der Waals surface area contributed by atoms with Crippen LogP contribution in [0.25, 0.3) is 5.82 Å². The lowest BCUT2D eigenvalue weighted by molar-refractivity contribution is -0.137. The zero-order valence-electron chi connectivity index (χ0n) is 11.5. The van der Waals surface area contributed by atoms with Gasteiger partial charge >= 0.3 is 6.18 Å². The summed E-state index contributed by atoms with van der Waals surface area (Å²) in [5.74, 6) is 0.226. The van der Waals surface area contributed by atoms with Crippen LogP contribution in [-0.4, -0.2) is 21.3 Å². The van der Waals surface area contributed by atoms with Gasteiger partial charge in [-0.25, -0.2) is 9.67 Å². The molecular formula is C13H14ClF3N4. The van der Waals surface area contributed by atoms with Crippen LogP contribution < -0.4 is 5.32 Å². The van der Waals surface area contributed by atoms with E-state index in [9.17, 15) is 13.2 Å². The lowest BCUT2D eigenvalue weighted by Crippen LogP contribution is -2.11. The SMILES string of the molecule is CCCNc1cc(C(F)(F)F)cc(-n2cc(Cl)c(C)n2)n1. The first-order valence-corrected chi connectivity index (χ1v) is 6.74. The van der Waals surface area contributed by atoms with Gasteiger partial charge in [0.05, 0.1) is 22.5 Å². The summed E-state index contributed by atoms with van der Waals surface area (Å²) in [5.41, 5.74) is -0.255. The molecule has 1 N–H and O–H groups in total. The van der Waals surface area contributed by atoms with Crippen LogP contribution in [0, 0.1) is 6.92 Å². The molecule has 8 heteroatoms. The van der Waals surface area contributed by atoms with Crippen LogP contribution in [-0.2, 0) is 6.18 Å². The van der Waals surface area contributed by atoms with Crippen molar-refractivity contribution in [3.63, 3.8) is 0 Å². The van der Waals surface area contributed by atoms with Gasteiger partial charge < -0.3 is 5.32 Å². The molecular weight excluding hydrogens is 305 g/mol. The minimum Gasteiger partial charge on any atom is -0.370 e. The van der Waals surface area contributed by atoms with Crippen LogP contribution in [0.1, 0.15) is 24.6 Å². The topological polar surface area (TPSA) is 42.7 Å². The largest absolute Gasteiger partial charge is 0.416 e. The van der Waals surface area contributed by atoms with Crippen LogP contribution in [0.5, 0.6) is 0 Å². The second-order valence-electron chi connectivity index (χ2n) is 4.53. The standard InChI is InChI=1S/C13H14ClF3N4/c1-3-4-18-11-5-9(13(15,16)17)6-12(19-11)21-7-10(14)8(2)20-21/h5-7H,3-4H2,1-2H3,(H,18,19). The molecule has 0 aromatic carbocycles. The molecule has 0 fully saturated rings. The second kappa shape index (κ2) is 5.93. The van der Waals surface area contributed by atoms with Crippen LogP contribution >= 0.6 is 11.6 Å². The van der Waals surface area contributed by atoms with Gasteiger partial charge in [0, 0.05) is 6.54 Å². The quantitative estimate of drug-likeness (QED) is 0.924. The Bertz CT molecular complexity index is 617. The predicted octanol–water partition coefficient (Wildman–Crippen LogP) is 4.07. The van der Waals surface area contributed by atoms with Crippen LogP contribution in [0.2, 0.25) is 5.02 Å². The second-order valence-corrected chi connectivity index (χ2v) is 4.94. The fourth-order valence-electron chi connectivity index (χ4n) is 1.70. The van der Waals surface area contributed by atoms with Gasteiger partial charge in [0.2, 0.25) is 0 Å². The van der Waals surface area contributed by atoms with Gasteiger partial charge in [0.25, 0.3) is 0 Å². The minimum absolute atomic E-state index is 0.0680. The number of aromatic nitrogens is 3. The van der Waals surface area contributed by atoms with Gasteiger partial charge in [0.1, 0.15) is 5.82 Å². The van der Waals surface area contributed by atoms with E-state index in [4.69, 9.17) is 11.6 Å².